The molecule has 0 aliphatic heterocycles. The van der Waals surface area contributed by atoms with E-state index in [4.69, 9.17) is 35.0 Å². The molecule has 11 heavy (non-hydrogen) atoms. The van der Waals surface area contributed by atoms with Gasteiger partial charge in [0.2, 0.25) is 4.33 Å². The van der Waals surface area contributed by atoms with Crippen LogP contribution in [0.2, 0.25) is 0 Å². The Morgan fingerprint density at radius 1 is 1.27 bits per heavy atom. The fourth-order valence-corrected chi connectivity index (χ4v) is 0.733. The molecule has 5 heteroatoms. The van der Waals surface area contributed by atoms with Crippen LogP contribution in [0.1, 0.15) is 20.8 Å². The molecule has 0 heterocycles. The van der Waals surface area contributed by atoms with Crippen LogP contribution in [0.5, 0.6) is 0 Å². The van der Waals surface area contributed by atoms with Crippen LogP contribution < -0.4 is 4.84 Å². The Morgan fingerprint density at radius 2 is 1.64 bits per heavy atom. The lowest BCUT2D eigenvalue weighted by Gasteiger charge is -2.31. The Balaban J connectivity index is 4.59. The second-order valence-corrected chi connectivity index (χ2v) is 4.76. The molecule has 0 rings (SSSR count). The van der Waals surface area contributed by atoms with Crippen molar-refractivity contribution in [3.63, 3.8) is 0 Å². The first-order valence-electron chi connectivity index (χ1n) is 3.02. The van der Waals surface area contributed by atoms with Crippen molar-refractivity contribution < 1.29 is 4.79 Å². The summed E-state index contributed by atoms with van der Waals surface area (Å²) in [6, 6.07) is 0. The van der Waals surface area contributed by atoms with Crippen LogP contribution in [0.4, 0.5) is 0 Å². The highest BCUT2D eigenvalue weighted by Crippen LogP contribution is 2.40. The number of hydrogen-bond acceptors (Lipinski definition) is 1. The van der Waals surface area contributed by atoms with Crippen LogP contribution in [0.3, 0.4) is 0 Å². The molecule has 0 saturated carbocycles. The zero-order chi connectivity index (χ0) is 9.28. The third-order valence-electron chi connectivity index (χ3n) is 1.31. The quantitative estimate of drug-likeness (QED) is 0.532. The van der Waals surface area contributed by atoms with E-state index in [1.54, 1.807) is 20.8 Å². The van der Waals surface area contributed by atoms with Crippen LogP contribution in [0.15, 0.2) is 0 Å². The molecule has 0 spiro atoms. The molecule has 0 aromatic heterocycles. The van der Waals surface area contributed by atoms with Crippen molar-refractivity contribution in [2.45, 2.75) is 25.1 Å². The summed E-state index contributed by atoms with van der Waals surface area (Å²) in [6.45, 7) is 5.25. The van der Waals surface area contributed by atoms with Gasteiger partial charge in [-0.25, -0.2) is 0 Å². The number of halogens is 3. The van der Waals surface area contributed by atoms with Crippen molar-refractivity contribution in [2.24, 2.45) is 5.41 Å². The Kier molecular flexibility index (Phi) is 3.48. The number of alkyl halides is 2. The summed E-state index contributed by atoms with van der Waals surface area (Å²) < 4.78 is -1.49. The zero-order valence-corrected chi connectivity index (χ0v) is 8.81. The first-order valence-corrected chi connectivity index (χ1v) is 4.15. The summed E-state index contributed by atoms with van der Waals surface area (Å²) >= 11 is 16.5. The summed E-state index contributed by atoms with van der Waals surface area (Å²) in [6.07, 6.45) is 0. The maximum atomic E-state index is 11.0. The van der Waals surface area contributed by atoms with Gasteiger partial charge >= 0.3 is 0 Å². The van der Waals surface area contributed by atoms with Gasteiger partial charge in [0.25, 0.3) is 5.91 Å². The fourth-order valence-electron chi connectivity index (χ4n) is 0.400. The molecule has 0 atom stereocenters. The van der Waals surface area contributed by atoms with Gasteiger partial charge in [-0.3, -0.25) is 9.63 Å². The summed E-state index contributed by atoms with van der Waals surface area (Å²) in [5.74, 6) is -0.602. The molecule has 0 saturated heterocycles. The first kappa shape index (κ1) is 11.3. The molecule has 0 aliphatic rings. The van der Waals surface area contributed by atoms with Gasteiger partial charge in [0.1, 0.15) is 0 Å². The standard InChI is InChI=1S/C6H10Cl3NO/c1-5(2,3)6(7,8)4(11)10-9/h1-3H3,(H,10,11). The lowest BCUT2D eigenvalue weighted by molar-refractivity contribution is -0.121. The molecule has 2 nitrogen and oxygen atoms in total. The predicted octanol–water partition coefficient (Wildman–Crippen LogP) is 2.48. The fraction of sp³-hybridized carbons (Fsp3) is 0.833. The molecule has 1 N–H and O–H groups in total. The van der Waals surface area contributed by atoms with Gasteiger partial charge in [-0.2, -0.15) is 0 Å². The highest BCUT2D eigenvalue weighted by Gasteiger charge is 2.45. The molecule has 66 valence electrons. The number of carbonyl (C=O) groups excluding carboxylic acids is 1. The van der Waals surface area contributed by atoms with Gasteiger partial charge < -0.3 is 0 Å². The largest absolute Gasteiger partial charge is 0.271 e. The van der Waals surface area contributed by atoms with E-state index in [2.05, 4.69) is 0 Å². The van der Waals surface area contributed by atoms with Gasteiger partial charge in [-0.1, -0.05) is 44.0 Å². The van der Waals surface area contributed by atoms with E-state index in [0.29, 0.717) is 0 Å². The monoisotopic (exact) mass is 217 g/mol. The van der Waals surface area contributed by atoms with E-state index < -0.39 is 15.7 Å². The molecular weight excluding hydrogens is 208 g/mol. The highest BCUT2D eigenvalue weighted by atomic mass is 35.5. The molecule has 0 aliphatic carbocycles. The van der Waals surface area contributed by atoms with Crippen molar-refractivity contribution >= 4 is 40.9 Å². The molecule has 1 amide bonds. The SMILES string of the molecule is CC(C)(C)C(Cl)(Cl)C(=O)NCl. The molecule has 0 bridgehead atoms. The number of carbonyl (C=O) groups is 1. The average molecular weight is 219 g/mol. The number of hydrogen-bond donors (Lipinski definition) is 1. The highest BCUT2D eigenvalue weighted by molar-refractivity contribution is 6.59. The minimum Gasteiger partial charge on any atom is -0.270 e. The van der Waals surface area contributed by atoms with Crippen molar-refractivity contribution in [3.8, 4) is 0 Å². The maximum Gasteiger partial charge on any atom is 0.271 e. The van der Waals surface area contributed by atoms with E-state index in [9.17, 15) is 4.79 Å². The number of rotatable bonds is 1. The van der Waals surface area contributed by atoms with E-state index in [0.717, 1.165) is 0 Å². The first-order chi connectivity index (χ1) is 4.73. The van der Waals surface area contributed by atoms with E-state index in [1.807, 2.05) is 4.84 Å². The Hall–Kier alpha value is 0.340. The number of amides is 1. The lowest BCUT2D eigenvalue weighted by atomic mass is 9.91. The van der Waals surface area contributed by atoms with Crippen LogP contribution in [-0.2, 0) is 4.79 Å². The normalized spacial score (nSPS) is 12.9. The molecular formula is C6H10Cl3NO. The Morgan fingerprint density at radius 3 is 1.73 bits per heavy atom. The second-order valence-electron chi connectivity index (χ2n) is 3.25. The van der Waals surface area contributed by atoms with Gasteiger partial charge in [-0.15, -0.1) is 0 Å². The zero-order valence-electron chi connectivity index (χ0n) is 6.54. The van der Waals surface area contributed by atoms with Crippen molar-refractivity contribution in [3.05, 3.63) is 0 Å². The van der Waals surface area contributed by atoms with Gasteiger partial charge in [0.15, 0.2) is 0 Å². The molecule has 0 unspecified atom stereocenters. The molecule has 0 radical (unpaired) electrons. The predicted molar refractivity (Wildman–Crippen MR) is 47.9 cm³/mol. The molecule has 0 aromatic rings. The van der Waals surface area contributed by atoms with Gasteiger partial charge in [0.05, 0.1) is 0 Å². The average Bonchev–Trinajstić information content (AvgIpc) is 1.83. The molecule has 0 fully saturated rings. The topological polar surface area (TPSA) is 29.1 Å². The minimum atomic E-state index is -1.49. The van der Waals surface area contributed by atoms with Gasteiger partial charge in [-0.05, 0) is 0 Å². The van der Waals surface area contributed by atoms with Gasteiger partial charge in [0, 0.05) is 17.2 Å². The van der Waals surface area contributed by atoms with Crippen molar-refractivity contribution in [1.29, 1.82) is 0 Å². The van der Waals surface area contributed by atoms with Crippen LogP contribution in [0, 0.1) is 5.41 Å². The summed E-state index contributed by atoms with van der Waals surface area (Å²) in [5, 5.41) is 0. The van der Waals surface area contributed by atoms with Crippen LogP contribution in [-0.4, -0.2) is 10.2 Å². The summed E-state index contributed by atoms with van der Waals surface area (Å²) in [5.41, 5.74) is -0.547. The lowest BCUT2D eigenvalue weighted by Crippen LogP contribution is -2.44. The van der Waals surface area contributed by atoms with Crippen LogP contribution >= 0.6 is 35.0 Å². The van der Waals surface area contributed by atoms with Crippen molar-refractivity contribution in [2.75, 3.05) is 0 Å². The van der Waals surface area contributed by atoms with Crippen LogP contribution in [0.25, 0.3) is 0 Å². The Bertz CT molecular complexity index is 162. The van der Waals surface area contributed by atoms with Crippen molar-refractivity contribution in [1.82, 2.24) is 4.84 Å². The smallest absolute Gasteiger partial charge is 0.270 e. The maximum absolute atomic E-state index is 11.0. The Labute approximate surface area is 81.3 Å². The van der Waals surface area contributed by atoms with E-state index >= 15 is 0 Å². The molecule has 0 aromatic carbocycles. The second kappa shape index (κ2) is 3.38. The summed E-state index contributed by atoms with van der Waals surface area (Å²) in [4.78, 5) is 12.9. The summed E-state index contributed by atoms with van der Waals surface area (Å²) in [7, 11) is 0. The number of nitrogens with one attached hydrogen (secondary N) is 1. The minimum absolute atomic E-state index is 0.547. The van der Waals surface area contributed by atoms with E-state index in [1.165, 1.54) is 0 Å². The third kappa shape index (κ3) is 2.39. The van der Waals surface area contributed by atoms with E-state index in [-0.39, 0.29) is 0 Å². The third-order valence-corrected chi connectivity index (χ3v) is 2.96.